The fourth-order valence-electron chi connectivity index (χ4n) is 3.03. The Morgan fingerprint density at radius 2 is 1.65 bits per heavy atom. The van der Waals surface area contributed by atoms with Crippen LogP contribution in [0.4, 0.5) is 0 Å². The zero-order valence-electron chi connectivity index (χ0n) is 13.0. The summed E-state index contributed by atoms with van der Waals surface area (Å²) in [5, 5.41) is 0. The Hall–Kier alpha value is -0.900. The molecule has 0 amide bonds. The average molecular weight is 275 g/mol. The minimum absolute atomic E-state index is 0.171. The van der Waals surface area contributed by atoms with Gasteiger partial charge in [-0.2, -0.15) is 0 Å². The molecule has 0 bridgehead atoms. The highest BCUT2D eigenvalue weighted by Crippen LogP contribution is 2.18. The Morgan fingerprint density at radius 1 is 1.05 bits per heavy atom. The highest BCUT2D eigenvalue weighted by Gasteiger charge is 2.17. The Labute approximate surface area is 123 Å². The van der Waals surface area contributed by atoms with Crippen molar-refractivity contribution in [2.24, 2.45) is 5.73 Å². The number of hydrogen-bond acceptors (Lipinski definition) is 3. The van der Waals surface area contributed by atoms with Crippen molar-refractivity contribution in [2.45, 2.75) is 32.7 Å². The first kappa shape index (κ1) is 15.5. The van der Waals surface area contributed by atoms with Crippen molar-refractivity contribution in [2.75, 3.05) is 39.3 Å². The maximum Gasteiger partial charge on any atom is 0.0309 e. The third-order valence-corrected chi connectivity index (χ3v) is 4.35. The predicted octanol–water partition coefficient (Wildman–Crippen LogP) is 2.41. The van der Waals surface area contributed by atoms with Gasteiger partial charge in [0.2, 0.25) is 0 Å². The summed E-state index contributed by atoms with van der Waals surface area (Å²) in [6.07, 6.45) is 2.32. The summed E-state index contributed by atoms with van der Waals surface area (Å²) in [5.41, 5.74) is 8.97. The molecular formula is C17H29N3. The molecule has 3 heteroatoms. The van der Waals surface area contributed by atoms with Crippen LogP contribution in [0.3, 0.4) is 0 Å². The van der Waals surface area contributed by atoms with Crippen LogP contribution in [0.2, 0.25) is 0 Å². The van der Waals surface area contributed by atoms with Gasteiger partial charge in [-0.1, -0.05) is 31.2 Å². The quantitative estimate of drug-likeness (QED) is 0.865. The number of nitrogens with two attached hydrogens (primary N) is 1. The summed E-state index contributed by atoms with van der Waals surface area (Å²) in [6, 6.07) is 8.66. The van der Waals surface area contributed by atoms with Crippen LogP contribution >= 0.6 is 0 Å². The van der Waals surface area contributed by atoms with Crippen LogP contribution in [0.15, 0.2) is 24.3 Å². The molecular weight excluding hydrogens is 246 g/mol. The van der Waals surface area contributed by atoms with Crippen LogP contribution in [0.5, 0.6) is 0 Å². The van der Waals surface area contributed by atoms with E-state index in [0.717, 1.165) is 13.0 Å². The van der Waals surface area contributed by atoms with Crippen molar-refractivity contribution in [3.63, 3.8) is 0 Å². The molecule has 1 aromatic carbocycles. The van der Waals surface area contributed by atoms with Crippen molar-refractivity contribution in [3.05, 3.63) is 35.4 Å². The highest BCUT2D eigenvalue weighted by atomic mass is 15.3. The van der Waals surface area contributed by atoms with E-state index < -0.39 is 0 Å². The Bertz CT molecular complexity index is 397. The molecule has 1 unspecified atom stereocenters. The number of piperazine rings is 1. The standard InChI is InChI=1S/C17H29N3/c1-3-9-19-11-13-20(14-12-19)10-8-17(18)16-7-5-4-6-15(16)2/h4-7,17H,3,8-14,18H2,1-2H3. The van der Waals surface area contributed by atoms with E-state index in [1.54, 1.807) is 0 Å². The minimum Gasteiger partial charge on any atom is -0.324 e. The summed E-state index contributed by atoms with van der Waals surface area (Å²) < 4.78 is 0. The molecule has 1 heterocycles. The number of aryl methyl sites for hydroxylation is 1. The third kappa shape index (κ3) is 4.30. The first-order chi connectivity index (χ1) is 9.70. The molecule has 0 aliphatic carbocycles. The molecule has 1 aliphatic heterocycles. The molecule has 3 nitrogen and oxygen atoms in total. The Morgan fingerprint density at radius 3 is 2.25 bits per heavy atom. The summed E-state index contributed by atoms with van der Waals surface area (Å²) in [6.45, 7) is 11.6. The van der Waals surface area contributed by atoms with Crippen LogP contribution in [0, 0.1) is 6.92 Å². The minimum atomic E-state index is 0.171. The zero-order chi connectivity index (χ0) is 14.4. The van der Waals surface area contributed by atoms with E-state index >= 15 is 0 Å². The molecule has 1 fully saturated rings. The van der Waals surface area contributed by atoms with E-state index in [1.807, 2.05) is 0 Å². The molecule has 2 rings (SSSR count). The maximum atomic E-state index is 6.35. The van der Waals surface area contributed by atoms with Gasteiger partial charge in [-0.3, -0.25) is 0 Å². The predicted molar refractivity (Wildman–Crippen MR) is 85.9 cm³/mol. The van der Waals surface area contributed by atoms with Gasteiger partial charge in [0.15, 0.2) is 0 Å². The topological polar surface area (TPSA) is 32.5 Å². The van der Waals surface area contributed by atoms with Gasteiger partial charge in [-0.15, -0.1) is 0 Å². The first-order valence-corrected chi connectivity index (χ1v) is 7.96. The molecule has 0 radical (unpaired) electrons. The van der Waals surface area contributed by atoms with Gasteiger partial charge in [0.25, 0.3) is 0 Å². The lowest BCUT2D eigenvalue weighted by atomic mass is 9.99. The van der Waals surface area contributed by atoms with Gasteiger partial charge in [0.05, 0.1) is 0 Å². The van der Waals surface area contributed by atoms with Crippen LogP contribution < -0.4 is 5.73 Å². The molecule has 1 saturated heterocycles. The fourth-order valence-corrected chi connectivity index (χ4v) is 3.03. The Balaban J connectivity index is 1.75. The van der Waals surface area contributed by atoms with Gasteiger partial charge < -0.3 is 15.5 Å². The van der Waals surface area contributed by atoms with Crippen LogP contribution in [-0.4, -0.2) is 49.1 Å². The van der Waals surface area contributed by atoms with Crippen molar-refractivity contribution in [1.82, 2.24) is 9.80 Å². The fraction of sp³-hybridized carbons (Fsp3) is 0.647. The molecule has 0 spiro atoms. The summed E-state index contributed by atoms with van der Waals surface area (Å²) in [7, 11) is 0. The molecule has 1 aliphatic rings. The summed E-state index contributed by atoms with van der Waals surface area (Å²) >= 11 is 0. The largest absolute Gasteiger partial charge is 0.324 e. The lowest BCUT2D eigenvalue weighted by Gasteiger charge is -2.35. The lowest BCUT2D eigenvalue weighted by molar-refractivity contribution is 0.130. The summed E-state index contributed by atoms with van der Waals surface area (Å²) in [4.78, 5) is 5.13. The monoisotopic (exact) mass is 275 g/mol. The molecule has 2 N–H and O–H groups in total. The molecule has 1 aromatic rings. The molecule has 20 heavy (non-hydrogen) atoms. The number of hydrogen-bond donors (Lipinski definition) is 1. The van der Waals surface area contributed by atoms with Crippen molar-refractivity contribution in [3.8, 4) is 0 Å². The van der Waals surface area contributed by atoms with Gasteiger partial charge >= 0.3 is 0 Å². The van der Waals surface area contributed by atoms with E-state index in [-0.39, 0.29) is 6.04 Å². The van der Waals surface area contributed by atoms with E-state index in [9.17, 15) is 0 Å². The van der Waals surface area contributed by atoms with Crippen molar-refractivity contribution >= 4 is 0 Å². The second kappa shape index (κ2) is 7.77. The van der Waals surface area contributed by atoms with E-state index in [4.69, 9.17) is 5.73 Å². The SMILES string of the molecule is CCCN1CCN(CCC(N)c2ccccc2C)CC1. The lowest BCUT2D eigenvalue weighted by Crippen LogP contribution is -2.47. The van der Waals surface area contributed by atoms with E-state index in [1.165, 1.54) is 50.3 Å². The van der Waals surface area contributed by atoms with Crippen LogP contribution in [0.1, 0.15) is 36.9 Å². The van der Waals surface area contributed by atoms with Crippen molar-refractivity contribution < 1.29 is 0 Å². The van der Waals surface area contributed by atoms with Gasteiger partial charge in [-0.25, -0.2) is 0 Å². The van der Waals surface area contributed by atoms with E-state index in [2.05, 4.69) is 47.9 Å². The van der Waals surface area contributed by atoms with Gasteiger partial charge in [-0.05, 0) is 37.4 Å². The second-order valence-electron chi connectivity index (χ2n) is 5.94. The molecule has 112 valence electrons. The smallest absolute Gasteiger partial charge is 0.0309 e. The molecule has 0 aromatic heterocycles. The van der Waals surface area contributed by atoms with Crippen LogP contribution in [0.25, 0.3) is 0 Å². The van der Waals surface area contributed by atoms with Gasteiger partial charge in [0.1, 0.15) is 0 Å². The number of nitrogens with zero attached hydrogens (tertiary/aromatic N) is 2. The van der Waals surface area contributed by atoms with Gasteiger partial charge in [0, 0.05) is 38.8 Å². The van der Waals surface area contributed by atoms with Crippen molar-refractivity contribution in [1.29, 1.82) is 0 Å². The molecule has 0 saturated carbocycles. The second-order valence-corrected chi connectivity index (χ2v) is 5.94. The normalized spacial score (nSPS) is 19.1. The molecule has 1 atom stereocenters. The summed E-state index contributed by atoms with van der Waals surface area (Å²) in [5.74, 6) is 0. The third-order valence-electron chi connectivity index (χ3n) is 4.35. The first-order valence-electron chi connectivity index (χ1n) is 7.96. The number of rotatable bonds is 6. The average Bonchev–Trinajstić information content (AvgIpc) is 2.47. The number of benzene rings is 1. The maximum absolute atomic E-state index is 6.35. The zero-order valence-corrected chi connectivity index (χ0v) is 13.0. The Kier molecular flexibility index (Phi) is 6.02. The van der Waals surface area contributed by atoms with E-state index in [0.29, 0.717) is 0 Å². The van der Waals surface area contributed by atoms with Crippen LogP contribution in [-0.2, 0) is 0 Å². The highest BCUT2D eigenvalue weighted by molar-refractivity contribution is 5.28.